The summed E-state index contributed by atoms with van der Waals surface area (Å²) < 4.78 is 38.6. The number of anilines is 1. The first-order valence-electron chi connectivity index (χ1n) is 9.67. The average Bonchev–Trinajstić information content (AvgIpc) is 3.20. The molecule has 0 aliphatic carbocycles. The Hall–Kier alpha value is -2.10. The van der Waals surface area contributed by atoms with Crippen LogP contribution in [0.1, 0.15) is 24.0 Å². The van der Waals surface area contributed by atoms with E-state index in [0.717, 1.165) is 21.5 Å². The van der Waals surface area contributed by atoms with E-state index in [1.54, 1.807) is 18.0 Å². The van der Waals surface area contributed by atoms with Crippen LogP contribution in [-0.2, 0) is 23.3 Å². The highest BCUT2D eigenvalue weighted by Crippen LogP contribution is 2.48. The lowest BCUT2D eigenvalue weighted by molar-refractivity contribution is -0.208. The van der Waals surface area contributed by atoms with Crippen molar-refractivity contribution in [3.63, 3.8) is 0 Å². The summed E-state index contributed by atoms with van der Waals surface area (Å²) in [6.07, 6.45) is -2.81. The number of hydrogen-bond donors (Lipinski definition) is 1. The van der Waals surface area contributed by atoms with E-state index in [2.05, 4.69) is 10.00 Å². The second kappa shape index (κ2) is 7.55. The van der Waals surface area contributed by atoms with Crippen molar-refractivity contribution in [3.05, 3.63) is 46.7 Å². The van der Waals surface area contributed by atoms with Crippen molar-refractivity contribution < 1.29 is 23.1 Å². The van der Waals surface area contributed by atoms with Crippen LogP contribution in [0.4, 0.5) is 18.9 Å². The fourth-order valence-corrected chi connectivity index (χ4v) is 4.60. The quantitative estimate of drug-likeness (QED) is 0.791. The van der Waals surface area contributed by atoms with Crippen LogP contribution >= 0.6 is 11.6 Å². The maximum Gasteiger partial charge on any atom is 0.416 e. The summed E-state index contributed by atoms with van der Waals surface area (Å²) >= 11 is 6.19. The second-order valence-corrected chi connectivity index (χ2v) is 8.45. The molecule has 4 rings (SSSR count). The van der Waals surface area contributed by atoms with Gasteiger partial charge in [-0.25, -0.2) is 0 Å². The van der Waals surface area contributed by atoms with Crippen LogP contribution < -0.4 is 4.90 Å². The van der Waals surface area contributed by atoms with Crippen LogP contribution in [0.25, 0.3) is 0 Å². The van der Waals surface area contributed by atoms with Gasteiger partial charge in [0.05, 0.1) is 18.2 Å². The Morgan fingerprint density at radius 3 is 2.67 bits per heavy atom. The molecule has 1 N–H and O–H groups in total. The molecule has 2 aliphatic heterocycles. The first kappa shape index (κ1) is 21.1. The number of aliphatic hydroxyl groups excluding tert-OH is 1. The van der Waals surface area contributed by atoms with Gasteiger partial charge in [-0.3, -0.25) is 14.4 Å². The van der Waals surface area contributed by atoms with Gasteiger partial charge in [-0.1, -0.05) is 11.6 Å². The molecule has 30 heavy (non-hydrogen) atoms. The molecular formula is C20H22ClF3N4O2. The maximum atomic E-state index is 13.0. The van der Waals surface area contributed by atoms with Crippen molar-refractivity contribution in [1.29, 1.82) is 0 Å². The summed E-state index contributed by atoms with van der Waals surface area (Å²) in [5.41, 5.74) is 2.05. The molecule has 10 heteroatoms. The smallest absolute Gasteiger partial charge is 0.382 e. The number of amides is 1. The highest BCUT2D eigenvalue weighted by molar-refractivity contribution is 6.31. The van der Waals surface area contributed by atoms with E-state index in [-0.39, 0.29) is 5.91 Å². The number of hydrogen-bond acceptors (Lipinski definition) is 4. The summed E-state index contributed by atoms with van der Waals surface area (Å²) in [5.74, 6) is 0.0772. The van der Waals surface area contributed by atoms with Crippen molar-refractivity contribution in [2.24, 2.45) is 0 Å². The zero-order valence-corrected chi connectivity index (χ0v) is 17.1. The molecule has 162 valence electrons. The van der Waals surface area contributed by atoms with Gasteiger partial charge < -0.3 is 10.0 Å². The lowest BCUT2D eigenvalue weighted by atomic mass is 9.73. The van der Waals surface area contributed by atoms with Crippen LogP contribution in [-0.4, -0.2) is 58.1 Å². The lowest BCUT2D eigenvalue weighted by Crippen LogP contribution is -2.47. The monoisotopic (exact) mass is 442 g/mol. The minimum Gasteiger partial charge on any atom is -0.382 e. The standard InChI is InChI=1S/C20H22ClF3N4O2/c1-26-16-3-2-14(21)8-15(16)19(18(26)30)4-6-27(7-5-19)10-13-9-25-28(11-13)12-17(29)20(22,23)24/h2-3,8-9,11,17,29H,4-7,10,12H2,1H3. The van der Waals surface area contributed by atoms with E-state index >= 15 is 0 Å². The summed E-state index contributed by atoms with van der Waals surface area (Å²) in [7, 11) is 1.78. The van der Waals surface area contributed by atoms with E-state index in [1.165, 1.54) is 12.4 Å². The van der Waals surface area contributed by atoms with Crippen molar-refractivity contribution in [1.82, 2.24) is 14.7 Å². The molecule has 1 unspecified atom stereocenters. The SMILES string of the molecule is CN1C(=O)C2(CCN(Cc3cnn(CC(O)C(F)(F)F)c3)CC2)c2cc(Cl)ccc21. The van der Waals surface area contributed by atoms with Crippen LogP contribution in [0.2, 0.25) is 5.02 Å². The molecule has 6 nitrogen and oxygen atoms in total. The van der Waals surface area contributed by atoms with E-state index in [1.807, 2.05) is 12.1 Å². The largest absolute Gasteiger partial charge is 0.416 e. The van der Waals surface area contributed by atoms with E-state index in [9.17, 15) is 23.1 Å². The van der Waals surface area contributed by atoms with Crippen LogP contribution in [0.15, 0.2) is 30.6 Å². The number of halogens is 4. The number of piperidine rings is 1. The summed E-state index contributed by atoms with van der Waals surface area (Å²) in [5, 5.41) is 13.7. The first-order chi connectivity index (χ1) is 14.1. The first-order valence-corrected chi connectivity index (χ1v) is 10.0. The third kappa shape index (κ3) is 3.70. The zero-order chi connectivity index (χ0) is 21.7. The van der Waals surface area contributed by atoms with Gasteiger partial charge in [0.1, 0.15) is 0 Å². The Bertz CT molecular complexity index is 954. The Labute approximate surface area is 176 Å². The van der Waals surface area contributed by atoms with Gasteiger partial charge in [0.25, 0.3) is 0 Å². The number of benzene rings is 1. The van der Waals surface area contributed by atoms with Gasteiger partial charge in [-0.05, 0) is 49.7 Å². The second-order valence-electron chi connectivity index (χ2n) is 8.01. The Morgan fingerprint density at radius 2 is 2.00 bits per heavy atom. The molecule has 1 saturated heterocycles. The van der Waals surface area contributed by atoms with E-state index in [0.29, 0.717) is 37.5 Å². The van der Waals surface area contributed by atoms with Crippen LogP contribution in [0.3, 0.4) is 0 Å². The third-order valence-corrected chi connectivity index (χ3v) is 6.32. The molecule has 1 aromatic carbocycles. The highest BCUT2D eigenvalue weighted by atomic mass is 35.5. The number of carbonyl (C=O) groups is 1. The van der Waals surface area contributed by atoms with Gasteiger partial charge in [0, 0.05) is 36.1 Å². The van der Waals surface area contributed by atoms with Crippen LogP contribution in [0, 0.1) is 0 Å². The van der Waals surface area contributed by atoms with E-state index in [4.69, 9.17) is 11.6 Å². The molecule has 0 radical (unpaired) electrons. The number of likely N-dealkylation sites (N-methyl/N-ethyl adjacent to an activating group) is 1. The lowest BCUT2D eigenvalue weighted by Gasteiger charge is -2.38. The summed E-state index contributed by atoms with van der Waals surface area (Å²) in [4.78, 5) is 16.9. The minimum atomic E-state index is -4.67. The molecule has 1 spiro atoms. The topological polar surface area (TPSA) is 61.6 Å². The van der Waals surface area contributed by atoms with Gasteiger partial charge in [0.15, 0.2) is 6.10 Å². The van der Waals surface area contributed by atoms with Crippen molar-refractivity contribution in [2.45, 2.75) is 43.6 Å². The number of nitrogens with zero attached hydrogens (tertiary/aromatic N) is 4. The maximum absolute atomic E-state index is 13.0. The predicted molar refractivity (Wildman–Crippen MR) is 105 cm³/mol. The fraction of sp³-hybridized carbons (Fsp3) is 0.500. The molecule has 0 saturated carbocycles. The summed E-state index contributed by atoms with van der Waals surface area (Å²) in [6, 6.07) is 5.54. The molecule has 1 amide bonds. The predicted octanol–water partition coefficient (Wildman–Crippen LogP) is 2.97. The fourth-order valence-electron chi connectivity index (χ4n) is 4.43. The molecule has 1 aromatic heterocycles. The number of carbonyl (C=O) groups excluding carboxylic acids is 1. The number of rotatable bonds is 4. The zero-order valence-electron chi connectivity index (χ0n) is 16.4. The van der Waals surface area contributed by atoms with Crippen molar-refractivity contribution in [2.75, 3.05) is 25.0 Å². The molecule has 2 aromatic rings. The van der Waals surface area contributed by atoms with Crippen molar-refractivity contribution >= 4 is 23.2 Å². The van der Waals surface area contributed by atoms with Crippen LogP contribution in [0.5, 0.6) is 0 Å². The molecule has 1 fully saturated rings. The Morgan fingerprint density at radius 1 is 1.30 bits per heavy atom. The summed E-state index contributed by atoms with van der Waals surface area (Å²) in [6.45, 7) is 1.22. The number of fused-ring (bicyclic) bond motifs is 2. The molecule has 0 bridgehead atoms. The number of aliphatic hydroxyl groups is 1. The van der Waals surface area contributed by atoms with Crippen molar-refractivity contribution in [3.8, 4) is 0 Å². The molecule has 2 aliphatic rings. The van der Waals surface area contributed by atoms with Gasteiger partial charge in [-0.15, -0.1) is 0 Å². The number of likely N-dealkylation sites (tertiary alicyclic amines) is 1. The third-order valence-electron chi connectivity index (χ3n) is 6.09. The average molecular weight is 443 g/mol. The normalized spacial score (nSPS) is 20.1. The molecule has 1 atom stereocenters. The Kier molecular flexibility index (Phi) is 5.32. The van der Waals surface area contributed by atoms with Gasteiger partial charge >= 0.3 is 6.18 Å². The molecule has 3 heterocycles. The minimum absolute atomic E-state index is 0.0772. The Balaban J connectivity index is 1.42. The highest BCUT2D eigenvalue weighted by Gasteiger charge is 2.51. The van der Waals surface area contributed by atoms with E-state index < -0.39 is 24.2 Å². The number of aromatic nitrogens is 2. The van der Waals surface area contributed by atoms with Gasteiger partial charge in [0.2, 0.25) is 5.91 Å². The van der Waals surface area contributed by atoms with Gasteiger partial charge in [-0.2, -0.15) is 18.3 Å². The molecular weight excluding hydrogens is 421 g/mol. The number of alkyl halides is 3.